The molecular weight excluding hydrogens is 355 g/mol. The summed E-state index contributed by atoms with van der Waals surface area (Å²) in [6, 6.07) is 10.2. The van der Waals surface area contributed by atoms with Crippen molar-refractivity contribution in [1.82, 2.24) is 5.32 Å². The second-order valence-corrected chi connectivity index (χ2v) is 5.62. The van der Waals surface area contributed by atoms with E-state index >= 15 is 0 Å². The molecule has 0 atom stereocenters. The highest BCUT2D eigenvalue weighted by Gasteiger charge is 2.13. The molecule has 0 aliphatic rings. The van der Waals surface area contributed by atoms with Gasteiger partial charge in [-0.05, 0) is 42.8 Å². The molecule has 0 saturated heterocycles. The van der Waals surface area contributed by atoms with Crippen molar-refractivity contribution in [1.29, 1.82) is 0 Å². The summed E-state index contributed by atoms with van der Waals surface area (Å²) in [5.41, 5.74) is 1.40. The second kappa shape index (κ2) is 9.33. The van der Waals surface area contributed by atoms with Crippen molar-refractivity contribution < 1.29 is 28.2 Å². The summed E-state index contributed by atoms with van der Waals surface area (Å²) in [7, 11) is 1.48. The lowest BCUT2D eigenvalue weighted by Crippen LogP contribution is -2.35. The summed E-state index contributed by atoms with van der Waals surface area (Å²) in [6.45, 7) is 0.966. The molecule has 2 aromatic rings. The molecule has 0 unspecified atom stereocenters. The molecule has 0 heterocycles. The first-order chi connectivity index (χ1) is 12.9. The van der Waals surface area contributed by atoms with E-state index in [0.717, 1.165) is 11.6 Å². The Balaban J connectivity index is 1.79. The van der Waals surface area contributed by atoms with Crippen molar-refractivity contribution >= 4 is 23.5 Å². The third-order valence-corrected chi connectivity index (χ3v) is 3.47. The van der Waals surface area contributed by atoms with Gasteiger partial charge < -0.3 is 20.1 Å². The van der Waals surface area contributed by atoms with E-state index in [-0.39, 0.29) is 12.1 Å². The molecule has 0 radical (unpaired) electrons. The molecule has 0 fully saturated rings. The normalized spacial score (nSPS) is 10.0. The van der Waals surface area contributed by atoms with E-state index in [1.54, 1.807) is 12.1 Å². The number of aryl methyl sites for hydroxylation is 1. The molecule has 0 bridgehead atoms. The number of anilines is 1. The fourth-order valence-electron chi connectivity index (χ4n) is 2.17. The van der Waals surface area contributed by atoms with Crippen molar-refractivity contribution in [3.8, 4) is 5.75 Å². The molecule has 7 nitrogen and oxygen atoms in total. The van der Waals surface area contributed by atoms with Gasteiger partial charge in [0.15, 0.2) is 6.61 Å². The highest BCUT2D eigenvalue weighted by Crippen LogP contribution is 2.24. The van der Waals surface area contributed by atoms with Gasteiger partial charge >= 0.3 is 5.97 Å². The summed E-state index contributed by atoms with van der Waals surface area (Å²) in [4.78, 5) is 35.4. The van der Waals surface area contributed by atoms with Crippen LogP contribution in [-0.2, 0) is 14.3 Å². The summed E-state index contributed by atoms with van der Waals surface area (Å²) in [5, 5.41) is 4.96. The Morgan fingerprint density at radius 2 is 1.85 bits per heavy atom. The average molecular weight is 374 g/mol. The lowest BCUT2D eigenvalue weighted by atomic mass is 10.2. The smallest absolute Gasteiger partial charge is 0.338 e. The number of esters is 1. The van der Waals surface area contributed by atoms with Crippen molar-refractivity contribution in [2.45, 2.75) is 6.92 Å². The maximum atomic E-state index is 13.1. The van der Waals surface area contributed by atoms with Crippen LogP contribution in [0.2, 0.25) is 0 Å². The SMILES string of the molecule is COc1ccc(C)cc1NC(=O)CNC(=O)COC(=O)c1cccc(F)c1. The predicted molar refractivity (Wildman–Crippen MR) is 96.1 cm³/mol. The van der Waals surface area contributed by atoms with E-state index in [1.807, 2.05) is 13.0 Å². The Bertz CT molecular complexity index is 854. The second-order valence-electron chi connectivity index (χ2n) is 5.62. The maximum absolute atomic E-state index is 13.1. The zero-order chi connectivity index (χ0) is 19.8. The molecule has 2 N–H and O–H groups in total. The Morgan fingerprint density at radius 1 is 1.07 bits per heavy atom. The van der Waals surface area contributed by atoms with Gasteiger partial charge in [-0.15, -0.1) is 0 Å². The van der Waals surface area contributed by atoms with Crippen molar-refractivity contribution in [2.24, 2.45) is 0 Å². The first-order valence-electron chi connectivity index (χ1n) is 8.03. The molecule has 2 amide bonds. The number of hydrogen-bond donors (Lipinski definition) is 2. The van der Waals surface area contributed by atoms with Crippen LogP contribution in [0.5, 0.6) is 5.75 Å². The number of carbonyl (C=O) groups excluding carboxylic acids is 3. The number of halogens is 1. The number of amides is 2. The molecule has 27 heavy (non-hydrogen) atoms. The lowest BCUT2D eigenvalue weighted by molar-refractivity contribution is -0.126. The minimum absolute atomic E-state index is 0.00733. The predicted octanol–water partition coefficient (Wildman–Crippen LogP) is 2.05. The zero-order valence-electron chi connectivity index (χ0n) is 14.9. The molecule has 0 aromatic heterocycles. The van der Waals surface area contributed by atoms with Crippen LogP contribution in [0.25, 0.3) is 0 Å². The van der Waals surface area contributed by atoms with Crippen LogP contribution in [-0.4, -0.2) is 38.0 Å². The minimum atomic E-state index is -0.835. The number of benzene rings is 2. The van der Waals surface area contributed by atoms with Crippen LogP contribution >= 0.6 is 0 Å². The van der Waals surface area contributed by atoms with Gasteiger partial charge in [-0.25, -0.2) is 9.18 Å². The summed E-state index contributed by atoms with van der Waals surface area (Å²) < 4.78 is 23.0. The standard InChI is InChI=1S/C19H19FN2O5/c1-12-6-7-16(26-2)15(8-12)22-17(23)10-21-18(24)11-27-19(25)13-4-3-5-14(20)9-13/h3-9H,10-11H2,1-2H3,(H,21,24)(H,22,23). The summed E-state index contributed by atoms with van der Waals surface area (Å²) in [6.07, 6.45) is 0. The zero-order valence-corrected chi connectivity index (χ0v) is 14.9. The molecule has 142 valence electrons. The van der Waals surface area contributed by atoms with E-state index < -0.39 is 30.2 Å². The molecule has 0 saturated carbocycles. The van der Waals surface area contributed by atoms with E-state index in [2.05, 4.69) is 10.6 Å². The van der Waals surface area contributed by atoms with Crippen molar-refractivity contribution in [3.05, 3.63) is 59.4 Å². The first-order valence-corrected chi connectivity index (χ1v) is 8.03. The third-order valence-electron chi connectivity index (χ3n) is 3.47. The molecule has 2 aromatic carbocycles. The van der Waals surface area contributed by atoms with Crippen LogP contribution < -0.4 is 15.4 Å². The van der Waals surface area contributed by atoms with Crippen LogP contribution in [0, 0.1) is 12.7 Å². The molecule has 8 heteroatoms. The van der Waals surface area contributed by atoms with Gasteiger partial charge in [0.2, 0.25) is 5.91 Å². The molecule has 2 rings (SSSR count). The Kier molecular flexibility index (Phi) is 6.87. The Labute approximate surface area is 155 Å². The molecular formula is C19H19FN2O5. The van der Waals surface area contributed by atoms with E-state index in [4.69, 9.17) is 9.47 Å². The van der Waals surface area contributed by atoms with Gasteiger partial charge in [0.25, 0.3) is 5.91 Å². The summed E-state index contributed by atoms with van der Waals surface area (Å²) in [5.74, 6) is -2.06. The minimum Gasteiger partial charge on any atom is -0.495 e. The Morgan fingerprint density at radius 3 is 2.56 bits per heavy atom. The molecule has 0 spiro atoms. The highest BCUT2D eigenvalue weighted by molar-refractivity contribution is 5.96. The largest absolute Gasteiger partial charge is 0.495 e. The van der Waals surface area contributed by atoms with Gasteiger partial charge in [-0.3, -0.25) is 9.59 Å². The van der Waals surface area contributed by atoms with Gasteiger partial charge in [-0.1, -0.05) is 12.1 Å². The quantitative estimate of drug-likeness (QED) is 0.724. The number of nitrogens with one attached hydrogen (secondary N) is 2. The van der Waals surface area contributed by atoms with Gasteiger partial charge in [0.05, 0.1) is 24.9 Å². The highest BCUT2D eigenvalue weighted by atomic mass is 19.1. The van der Waals surface area contributed by atoms with Crippen molar-refractivity contribution in [2.75, 3.05) is 25.6 Å². The number of carbonyl (C=O) groups is 3. The van der Waals surface area contributed by atoms with Gasteiger partial charge in [0.1, 0.15) is 11.6 Å². The van der Waals surface area contributed by atoms with Gasteiger partial charge in [-0.2, -0.15) is 0 Å². The number of hydrogen-bond acceptors (Lipinski definition) is 5. The number of methoxy groups -OCH3 is 1. The van der Waals surface area contributed by atoms with Crippen LogP contribution in [0.3, 0.4) is 0 Å². The fourth-order valence-corrected chi connectivity index (χ4v) is 2.17. The van der Waals surface area contributed by atoms with Crippen LogP contribution in [0.15, 0.2) is 42.5 Å². The van der Waals surface area contributed by atoms with E-state index in [0.29, 0.717) is 11.4 Å². The van der Waals surface area contributed by atoms with Gasteiger partial charge in [0, 0.05) is 0 Å². The Hall–Kier alpha value is -3.42. The maximum Gasteiger partial charge on any atom is 0.338 e. The average Bonchev–Trinajstić information content (AvgIpc) is 2.64. The van der Waals surface area contributed by atoms with Crippen LogP contribution in [0.4, 0.5) is 10.1 Å². The fraction of sp³-hybridized carbons (Fsp3) is 0.211. The summed E-state index contributed by atoms with van der Waals surface area (Å²) >= 11 is 0. The van der Waals surface area contributed by atoms with Crippen LogP contribution in [0.1, 0.15) is 15.9 Å². The first kappa shape index (κ1) is 19.9. The molecule has 0 aliphatic heterocycles. The lowest BCUT2D eigenvalue weighted by Gasteiger charge is -2.11. The monoisotopic (exact) mass is 374 g/mol. The van der Waals surface area contributed by atoms with E-state index in [1.165, 1.54) is 25.3 Å². The van der Waals surface area contributed by atoms with Crippen molar-refractivity contribution in [3.63, 3.8) is 0 Å². The third kappa shape index (κ3) is 6.10. The van der Waals surface area contributed by atoms with E-state index in [9.17, 15) is 18.8 Å². The number of rotatable bonds is 7. The molecule has 0 aliphatic carbocycles. The topological polar surface area (TPSA) is 93.7 Å². The number of ether oxygens (including phenoxy) is 2.